The van der Waals surface area contributed by atoms with E-state index in [1.165, 1.54) is 0 Å². The van der Waals surface area contributed by atoms with Gasteiger partial charge in [0.15, 0.2) is 11.5 Å². The van der Waals surface area contributed by atoms with E-state index in [4.69, 9.17) is 14.2 Å². The van der Waals surface area contributed by atoms with E-state index in [9.17, 15) is 9.59 Å². The van der Waals surface area contributed by atoms with Crippen LogP contribution < -0.4 is 14.2 Å². The van der Waals surface area contributed by atoms with Crippen LogP contribution in [0.3, 0.4) is 0 Å². The zero-order chi connectivity index (χ0) is 23.3. The molecule has 3 amide bonds. The number of hydrogen-bond donors (Lipinski definition) is 0. The molecule has 2 aliphatic rings. The van der Waals surface area contributed by atoms with Crippen molar-refractivity contribution in [3.63, 3.8) is 0 Å². The molecule has 1 aromatic carbocycles. The summed E-state index contributed by atoms with van der Waals surface area (Å²) in [7, 11) is 8.37. The van der Waals surface area contributed by atoms with Crippen molar-refractivity contribution in [2.45, 2.75) is 19.4 Å². The largest absolute Gasteiger partial charge is 0.493 e. The van der Waals surface area contributed by atoms with Gasteiger partial charge in [-0.15, -0.1) is 0 Å². The van der Waals surface area contributed by atoms with E-state index in [1.807, 2.05) is 21.9 Å². The Kier molecular flexibility index (Phi) is 8.06. The smallest absolute Gasteiger partial charge is 0.319 e. The zero-order valence-electron chi connectivity index (χ0n) is 19.9. The molecule has 0 aromatic heterocycles. The van der Waals surface area contributed by atoms with Crippen LogP contribution in [0.1, 0.15) is 18.4 Å². The average Bonchev–Trinajstić information content (AvgIpc) is 2.83. The summed E-state index contributed by atoms with van der Waals surface area (Å²) in [6.07, 6.45) is 1.48. The van der Waals surface area contributed by atoms with E-state index in [1.54, 1.807) is 40.3 Å². The van der Waals surface area contributed by atoms with Crippen LogP contribution in [-0.2, 0) is 11.3 Å². The van der Waals surface area contributed by atoms with Crippen molar-refractivity contribution >= 4 is 11.9 Å². The molecule has 1 aromatic rings. The third-order valence-corrected chi connectivity index (χ3v) is 6.36. The number of piperazine rings is 1. The molecule has 178 valence electrons. The highest BCUT2D eigenvalue weighted by Crippen LogP contribution is 2.40. The third-order valence-electron chi connectivity index (χ3n) is 6.36. The molecule has 0 N–H and O–H groups in total. The fourth-order valence-corrected chi connectivity index (χ4v) is 4.51. The van der Waals surface area contributed by atoms with Gasteiger partial charge >= 0.3 is 6.03 Å². The van der Waals surface area contributed by atoms with Crippen LogP contribution in [0, 0.1) is 5.92 Å². The number of amides is 3. The Balaban J connectivity index is 1.53. The van der Waals surface area contributed by atoms with Gasteiger partial charge in [-0.1, -0.05) is 6.07 Å². The van der Waals surface area contributed by atoms with Gasteiger partial charge in [0.2, 0.25) is 11.7 Å². The molecular weight excluding hydrogens is 412 g/mol. The van der Waals surface area contributed by atoms with Crippen molar-refractivity contribution in [3.8, 4) is 17.2 Å². The molecule has 2 aliphatic heterocycles. The van der Waals surface area contributed by atoms with E-state index in [2.05, 4.69) is 4.90 Å². The van der Waals surface area contributed by atoms with Crippen LogP contribution >= 0.6 is 0 Å². The van der Waals surface area contributed by atoms with E-state index in [-0.39, 0.29) is 17.9 Å². The summed E-state index contributed by atoms with van der Waals surface area (Å²) >= 11 is 0. The second-order valence-corrected chi connectivity index (χ2v) is 8.53. The van der Waals surface area contributed by atoms with Crippen LogP contribution in [-0.4, -0.2) is 106 Å². The highest BCUT2D eigenvalue weighted by atomic mass is 16.5. The predicted molar refractivity (Wildman–Crippen MR) is 121 cm³/mol. The molecule has 0 saturated carbocycles. The molecule has 9 heteroatoms. The number of urea groups is 1. The quantitative estimate of drug-likeness (QED) is 0.660. The first-order valence-corrected chi connectivity index (χ1v) is 11.1. The number of piperidine rings is 1. The summed E-state index contributed by atoms with van der Waals surface area (Å²) in [5.74, 6) is 2.16. The van der Waals surface area contributed by atoms with Gasteiger partial charge < -0.3 is 28.9 Å². The van der Waals surface area contributed by atoms with E-state index in [0.29, 0.717) is 43.4 Å². The number of rotatable bonds is 6. The van der Waals surface area contributed by atoms with Crippen molar-refractivity contribution in [2.24, 2.45) is 5.92 Å². The number of methoxy groups -OCH3 is 3. The highest BCUT2D eigenvalue weighted by Gasteiger charge is 2.32. The van der Waals surface area contributed by atoms with Crippen molar-refractivity contribution < 1.29 is 23.8 Å². The van der Waals surface area contributed by atoms with Gasteiger partial charge in [-0.25, -0.2) is 4.79 Å². The van der Waals surface area contributed by atoms with Gasteiger partial charge in [-0.3, -0.25) is 9.69 Å². The first-order chi connectivity index (χ1) is 15.4. The lowest BCUT2D eigenvalue weighted by Gasteiger charge is -2.39. The fraction of sp³-hybridized carbons (Fsp3) is 0.652. The number of ether oxygens (including phenoxy) is 3. The van der Waals surface area contributed by atoms with Crippen molar-refractivity contribution in [2.75, 3.05) is 74.7 Å². The normalized spacial score (nSPS) is 17.8. The minimum Gasteiger partial charge on any atom is -0.493 e. The Morgan fingerprint density at radius 2 is 1.50 bits per heavy atom. The van der Waals surface area contributed by atoms with Crippen LogP contribution in [0.15, 0.2) is 12.1 Å². The second kappa shape index (κ2) is 10.8. The molecule has 0 spiro atoms. The first-order valence-electron chi connectivity index (χ1n) is 11.1. The van der Waals surface area contributed by atoms with Gasteiger partial charge in [-0.05, 0) is 18.9 Å². The lowest BCUT2D eigenvalue weighted by Crippen LogP contribution is -2.52. The Morgan fingerprint density at radius 1 is 0.875 bits per heavy atom. The number of nitrogens with zero attached hydrogens (tertiary/aromatic N) is 4. The Morgan fingerprint density at radius 3 is 2.03 bits per heavy atom. The minimum absolute atomic E-state index is 0.0127. The van der Waals surface area contributed by atoms with Crippen LogP contribution in [0.5, 0.6) is 17.2 Å². The maximum Gasteiger partial charge on any atom is 0.319 e. The van der Waals surface area contributed by atoms with Crippen LogP contribution in [0.2, 0.25) is 0 Å². The lowest BCUT2D eigenvalue weighted by molar-refractivity contribution is -0.138. The van der Waals surface area contributed by atoms with Gasteiger partial charge in [0.25, 0.3) is 0 Å². The Hall–Kier alpha value is -2.68. The van der Waals surface area contributed by atoms with Gasteiger partial charge in [0, 0.05) is 71.4 Å². The summed E-state index contributed by atoms with van der Waals surface area (Å²) in [6, 6.07) is 3.92. The topological polar surface area (TPSA) is 74.8 Å². The summed E-state index contributed by atoms with van der Waals surface area (Å²) in [5.41, 5.74) is 1.03. The zero-order valence-corrected chi connectivity index (χ0v) is 19.9. The van der Waals surface area contributed by atoms with E-state index < -0.39 is 0 Å². The first kappa shape index (κ1) is 24.0. The predicted octanol–water partition coefficient (Wildman–Crippen LogP) is 1.75. The van der Waals surface area contributed by atoms with Gasteiger partial charge in [0.05, 0.1) is 21.3 Å². The SMILES string of the molecule is COc1ccc(CN2CCN(C(=O)C3CCN(C(=O)N(C)C)CC3)CC2)c(OC)c1OC. The Bertz CT molecular complexity index is 800. The molecule has 0 aliphatic carbocycles. The number of likely N-dealkylation sites (tertiary alicyclic amines) is 1. The molecule has 0 radical (unpaired) electrons. The molecule has 2 saturated heterocycles. The lowest BCUT2D eigenvalue weighted by atomic mass is 9.95. The van der Waals surface area contributed by atoms with E-state index in [0.717, 1.165) is 38.0 Å². The number of benzene rings is 1. The molecule has 0 atom stereocenters. The summed E-state index contributed by atoms with van der Waals surface area (Å²) in [4.78, 5) is 32.9. The molecule has 3 rings (SSSR count). The highest BCUT2D eigenvalue weighted by molar-refractivity contribution is 5.80. The minimum atomic E-state index is 0.0127. The number of carbonyl (C=O) groups excluding carboxylic acids is 2. The maximum absolute atomic E-state index is 13.0. The molecule has 2 heterocycles. The standard InChI is InChI=1S/C23H36N4O5/c1-24(2)23(29)27-10-8-17(9-11-27)22(28)26-14-12-25(13-15-26)16-18-6-7-19(30-3)21(32-5)20(18)31-4/h6-7,17H,8-16H2,1-5H3. The molecule has 2 fully saturated rings. The summed E-state index contributed by atoms with van der Waals surface area (Å²) < 4.78 is 16.5. The molecule has 0 unspecified atom stereocenters. The molecule has 0 bridgehead atoms. The van der Waals surface area contributed by atoms with Crippen molar-refractivity contribution in [1.29, 1.82) is 0 Å². The Labute approximate surface area is 190 Å². The van der Waals surface area contributed by atoms with E-state index >= 15 is 0 Å². The van der Waals surface area contributed by atoms with Gasteiger partial charge in [0.1, 0.15) is 0 Å². The van der Waals surface area contributed by atoms with Gasteiger partial charge in [-0.2, -0.15) is 0 Å². The van der Waals surface area contributed by atoms with Crippen LogP contribution in [0.4, 0.5) is 4.79 Å². The molecule has 32 heavy (non-hydrogen) atoms. The average molecular weight is 449 g/mol. The van der Waals surface area contributed by atoms with Crippen molar-refractivity contribution in [3.05, 3.63) is 17.7 Å². The van der Waals surface area contributed by atoms with Crippen LogP contribution in [0.25, 0.3) is 0 Å². The molecule has 9 nitrogen and oxygen atoms in total. The maximum atomic E-state index is 13.0. The monoisotopic (exact) mass is 448 g/mol. The second-order valence-electron chi connectivity index (χ2n) is 8.53. The fourth-order valence-electron chi connectivity index (χ4n) is 4.51. The summed E-state index contributed by atoms with van der Waals surface area (Å²) in [5, 5.41) is 0. The third kappa shape index (κ3) is 5.20. The van der Waals surface area contributed by atoms with Crippen molar-refractivity contribution in [1.82, 2.24) is 19.6 Å². The summed E-state index contributed by atoms with van der Waals surface area (Å²) in [6.45, 7) is 5.05. The molecular formula is C23H36N4O5. The number of hydrogen-bond acceptors (Lipinski definition) is 6. The number of carbonyl (C=O) groups is 2.